The molecule has 2 aromatic rings. The zero-order valence-corrected chi connectivity index (χ0v) is 29.6. The van der Waals surface area contributed by atoms with Crippen LogP contribution in [0.15, 0.2) is 70.5 Å². The molecule has 0 bridgehead atoms. The highest BCUT2D eigenvalue weighted by Gasteiger charge is 2.41. The van der Waals surface area contributed by atoms with Gasteiger partial charge in [0.05, 0.1) is 9.81 Å². The summed E-state index contributed by atoms with van der Waals surface area (Å²) in [5.41, 5.74) is 2.19. The first kappa shape index (κ1) is 35.8. The minimum Gasteiger partial charge on any atom is -0.341 e. The first-order valence-corrected chi connectivity index (χ1v) is 18.0. The highest BCUT2D eigenvalue weighted by atomic mass is 32.2. The number of thioether (sulfide) groups is 2. The van der Waals surface area contributed by atoms with E-state index in [-0.39, 0.29) is 23.6 Å². The summed E-state index contributed by atoms with van der Waals surface area (Å²) in [6.07, 6.45) is 5.34. The third-order valence-electron chi connectivity index (χ3n) is 7.83. The number of nitrogens with zero attached hydrogens (tertiary/aromatic N) is 4. The van der Waals surface area contributed by atoms with Crippen molar-refractivity contribution >= 4 is 80.2 Å². The van der Waals surface area contributed by atoms with E-state index in [0.717, 1.165) is 60.3 Å². The molecule has 12 heteroatoms. The number of benzene rings is 2. The van der Waals surface area contributed by atoms with Crippen LogP contribution in [-0.4, -0.2) is 79.1 Å². The maximum atomic E-state index is 13.3. The van der Waals surface area contributed by atoms with Crippen LogP contribution < -0.4 is 0 Å². The number of carbonyl (C=O) groups excluding carboxylic acids is 4. The molecule has 0 atom stereocenters. The van der Waals surface area contributed by atoms with Gasteiger partial charge in [-0.1, -0.05) is 121 Å². The topological polar surface area (TPSA) is 81.2 Å². The largest absolute Gasteiger partial charge is 0.341 e. The van der Waals surface area contributed by atoms with E-state index in [1.165, 1.54) is 0 Å². The minimum absolute atomic E-state index is 0.0939. The van der Waals surface area contributed by atoms with Gasteiger partial charge in [-0.05, 0) is 36.8 Å². The molecule has 2 heterocycles. The number of unbranched alkanes of at least 4 members (excludes halogenated alkanes) is 4. The van der Waals surface area contributed by atoms with Gasteiger partial charge in [0.2, 0.25) is 11.8 Å². The number of rotatable bonds is 16. The molecule has 2 aromatic carbocycles. The Bertz CT molecular complexity index is 1360. The van der Waals surface area contributed by atoms with E-state index in [0.29, 0.717) is 70.3 Å². The Kier molecular flexibility index (Phi) is 13.8. The summed E-state index contributed by atoms with van der Waals surface area (Å²) in [6, 6.07) is 19.8. The monoisotopic (exact) mass is 696 g/mol. The second kappa shape index (κ2) is 17.7. The predicted molar refractivity (Wildman–Crippen MR) is 194 cm³/mol. The van der Waals surface area contributed by atoms with Crippen molar-refractivity contribution in [2.24, 2.45) is 0 Å². The summed E-state index contributed by atoms with van der Waals surface area (Å²) >= 11 is 13.3. The van der Waals surface area contributed by atoms with Gasteiger partial charge in [0, 0.05) is 53.1 Å². The van der Waals surface area contributed by atoms with Crippen LogP contribution in [0.4, 0.5) is 0 Å². The fourth-order valence-electron chi connectivity index (χ4n) is 5.17. The van der Waals surface area contributed by atoms with Crippen LogP contribution in [0.3, 0.4) is 0 Å². The second-order valence-electron chi connectivity index (χ2n) is 11.4. The Morgan fingerprint density at radius 3 is 1.35 bits per heavy atom. The van der Waals surface area contributed by atoms with Gasteiger partial charge in [0.1, 0.15) is 8.64 Å². The lowest BCUT2D eigenvalue weighted by molar-refractivity contribution is -0.131. The van der Waals surface area contributed by atoms with Gasteiger partial charge in [-0.2, -0.15) is 0 Å². The first-order chi connectivity index (χ1) is 22.2. The Morgan fingerprint density at radius 2 is 0.978 bits per heavy atom. The van der Waals surface area contributed by atoms with E-state index < -0.39 is 0 Å². The van der Waals surface area contributed by atoms with Crippen molar-refractivity contribution in [2.45, 2.75) is 64.5 Å². The number of hydrogen-bond acceptors (Lipinski definition) is 8. The normalized spacial score (nSPS) is 16.5. The molecule has 2 fully saturated rings. The summed E-state index contributed by atoms with van der Waals surface area (Å²) in [7, 11) is 3.63. The first-order valence-electron chi connectivity index (χ1n) is 15.5. The number of hydrogen-bond donors (Lipinski definition) is 0. The number of thiocarbonyl (C=S) groups is 2. The summed E-state index contributed by atoms with van der Waals surface area (Å²) in [4.78, 5) is 58.8. The Balaban J connectivity index is 1.16. The SMILES string of the molecule is CN(Cc1ccccc1)C(=O)CCCCCN1C(=O)C(=C2SC(=S)N(CCCCCC(=O)N(C)Cc3ccccc3)C2=O)SC1=S. The van der Waals surface area contributed by atoms with Gasteiger partial charge in [0.25, 0.3) is 11.8 Å². The lowest BCUT2D eigenvalue weighted by Crippen LogP contribution is -2.31. The summed E-state index contributed by atoms with van der Waals surface area (Å²) in [5, 5.41) is 0. The predicted octanol–water partition coefficient (Wildman–Crippen LogP) is 6.36. The average Bonchev–Trinajstić information content (AvgIpc) is 3.49. The number of amides is 4. The summed E-state index contributed by atoms with van der Waals surface area (Å²) in [5.74, 6) is -0.326. The van der Waals surface area contributed by atoms with Gasteiger partial charge in [0.15, 0.2) is 0 Å². The maximum Gasteiger partial charge on any atom is 0.267 e. The van der Waals surface area contributed by atoms with Crippen molar-refractivity contribution in [1.29, 1.82) is 0 Å². The molecule has 0 N–H and O–H groups in total. The molecule has 4 rings (SSSR count). The van der Waals surface area contributed by atoms with E-state index >= 15 is 0 Å². The van der Waals surface area contributed by atoms with Crippen molar-refractivity contribution in [3.05, 3.63) is 81.6 Å². The molecule has 0 aromatic heterocycles. The highest BCUT2D eigenvalue weighted by molar-refractivity contribution is 8.29. The number of carbonyl (C=O) groups is 4. The molecule has 8 nitrogen and oxygen atoms in total. The van der Waals surface area contributed by atoms with Crippen LogP contribution in [0.2, 0.25) is 0 Å². The lowest BCUT2D eigenvalue weighted by Gasteiger charge is -2.18. The van der Waals surface area contributed by atoms with Crippen molar-refractivity contribution in [1.82, 2.24) is 19.6 Å². The van der Waals surface area contributed by atoms with Crippen molar-refractivity contribution in [2.75, 3.05) is 27.2 Å². The van der Waals surface area contributed by atoms with Gasteiger partial charge < -0.3 is 9.80 Å². The van der Waals surface area contributed by atoms with Crippen LogP contribution >= 0.6 is 48.0 Å². The van der Waals surface area contributed by atoms with Gasteiger partial charge in [-0.3, -0.25) is 29.0 Å². The zero-order chi connectivity index (χ0) is 33.1. The summed E-state index contributed by atoms with van der Waals surface area (Å²) < 4.78 is 0.872. The van der Waals surface area contributed by atoms with E-state index in [1.54, 1.807) is 19.6 Å². The van der Waals surface area contributed by atoms with E-state index in [9.17, 15) is 19.2 Å². The van der Waals surface area contributed by atoms with E-state index in [1.807, 2.05) is 74.8 Å². The third-order valence-corrected chi connectivity index (χ3v) is 10.9. The standard InChI is InChI=1S/C34H40N4O4S4/c1-35(23-25-15-7-3-8-16-25)27(39)19-11-5-13-21-37-31(41)29(45-33(37)43)30-32(42)38(34(44)46-30)22-14-6-12-20-28(40)36(2)24-26-17-9-4-10-18-26/h3-4,7-10,15-18H,5-6,11-14,19-24H2,1-2H3. The Hall–Kier alpha value is -3.06. The molecule has 2 saturated heterocycles. The van der Waals surface area contributed by atoms with Crippen LogP contribution in [0, 0.1) is 0 Å². The van der Waals surface area contributed by atoms with Crippen LogP contribution in [0.1, 0.15) is 62.5 Å². The van der Waals surface area contributed by atoms with Crippen molar-refractivity contribution in [3.63, 3.8) is 0 Å². The highest BCUT2D eigenvalue weighted by Crippen LogP contribution is 2.42. The molecule has 4 amide bonds. The molecule has 46 heavy (non-hydrogen) atoms. The fourth-order valence-corrected chi connectivity index (χ4v) is 7.95. The molecule has 244 valence electrons. The Labute approximate surface area is 290 Å². The molecule has 0 spiro atoms. The van der Waals surface area contributed by atoms with Gasteiger partial charge in [-0.25, -0.2) is 0 Å². The molecule has 2 aliphatic heterocycles. The van der Waals surface area contributed by atoms with Crippen molar-refractivity contribution in [3.8, 4) is 0 Å². The fraction of sp³-hybridized carbons (Fsp3) is 0.412. The maximum absolute atomic E-state index is 13.3. The van der Waals surface area contributed by atoms with Crippen LogP contribution in [-0.2, 0) is 32.3 Å². The summed E-state index contributed by atoms with van der Waals surface area (Å²) in [6.45, 7) is 2.05. The zero-order valence-electron chi connectivity index (χ0n) is 26.3. The molecular formula is C34H40N4O4S4. The van der Waals surface area contributed by atoms with Gasteiger partial charge in [-0.15, -0.1) is 0 Å². The van der Waals surface area contributed by atoms with Crippen LogP contribution in [0.5, 0.6) is 0 Å². The van der Waals surface area contributed by atoms with Crippen molar-refractivity contribution < 1.29 is 19.2 Å². The molecule has 2 aliphatic rings. The molecule has 0 aliphatic carbocycles. The molecule has 0 unspecified atom stereocenters. The molecule has 0 radical (unpaired) electrons. The third kappa shape index (κ3) is 9.97. The van der Waals surface area contributed by atoms with E-state index in [2.05, 4.69) is 0 Å². The smallest absolute Gasteiger partial charge is 0.267 e. The van der Waals surface area contributed by atoms with E-state index in [4.69, 9.17) is 24.4 Å². The Morgan fingerprint density at radius 1 is 0.609 bits per heavy atom. The average molecular weight is 697 g/mol. The minimum atomic E-state index is -0.257. The molecular weight excluding hydrogens is 657 g/mol. The van der Waals surface area contributed by atoms with Crippen LogP contribution in [0.25, 0.3) is 0 Å². The van der Waals surface area contributed by atoms with Gasteiger partial charge >= 0.3 is 0 Å². The quantitative estimate of drug-likeness (QED) is 0.114. The molecule has 0 saturated carbocycles. The second-order valence-corrected chi connectivity index (χ2v) is 14.7. The lowest BCUT2D eigenvalue weighted by atomic mass is 10.1.